The van der Waals surface area contributed by atoms with E-state index in [-0.39, 0.29) is 28.1 Å². The number of anilines is 2. The number of carbonyl (C=O) groups excluding carboxylic acids is 1. The molecule has 2 aromatic carbocycles. The van der Waals surface area contributed by atoms with Gasteiger partial charge in [0.2, 0.25) is 5.91 Å². The van der Waals surface area contributed by atoms with Crippen LogP contribution in [0.25, 0.3) is 0 Å². The third-order valence-electron chi connectivity index (χ3n) is 5.89. The fraction of sp³-hybridized carbons (Fsp3) is 0.435. The summed E-state index contributed by atoms with van der Waals surface area (Å²) < 4.78 is 0. The molecule has 6 heteroatoms. The highest BCUT2D eigenvalue weighted by Crippen LogP contribution is 2.46. The molecular formula is C23H27N3O3. The van der Waals surface area contributed by atoms with Crippen molar-refractivity contribution in [3.8, 4) is 0 Å². The minimum absolute atomic E-state index is 0.114. The van der Waals surface area contributed by atoms with Crippen molar-refractivity contribution in [2.45, 2.75) is 46.7 Å². The highest BCUT2D eigenvalue weighted by Gasteiger charge is 2.48. The second-order valence-corrected chi connectivity index (χ2v) is 9.22. The highest BCUT2D eigenvalue weighted by atomic mass is 16.6. The van der Waals surface area contributed by atoms with E-state index in [0.29, 0.717) is 18.8 Å². The summed E-state index contributed by atoms with van der Waals surface area (Å²) >= 11 is 0. The minimum atomic E-state index is -0.341. The van der Waals surface area contributed by atoms with E-state index in [0.717, 1.165) is 29.0 Å². The van der Waals surface area contributed by atoms with E-state index >= 15 is 0 Å². The molecule has 0 saturated heterocycles. The van der Waals surface area contributed by atoms with Gasteiger partial charge in [-0.1, -0.05) is 45.9 Å². The molecule has 152 valence electrons. The molecule has 2 aromatic rings. The van der Waals surface area contributed by atoms with Crippen molar-refractivity contribution in [2.75, 3.05) is 16.3 Å². The summed E-state index contributed by atoms with van der Waals surface area (Å²) in [6.45, 7) is 9.39. The summed E-state index contributed by atoms with van der Waals surface area (Å²) in [7, 11) is 0. The van der Waals surface area contributed by atoms with Crippen LogP contribution in [-0.4, -0.2) is 23.5 Å². The van der Waals surface area contributed by atoms with Crippen LogP contribution in [0.4, 0.5) is 17.1 Å². The van der Waals surface area contributed by atoms with Crippen LogP contribution in [0.5, 0.6) is 0 Å². The maximum absolute atomic E-state index is 13.1. The Hall–Kier alpha value is -2.89. The molecule has 0 aliphatic carbocycles. The first-order valence-corrected chi connectivity index (χ1v) is 10.1. The molecule has 0 saturated carbocycles. The molecule has 1 amide bonds. The molecule has 2 heterocycles. The number of benzene rings is 2. The Morgan fingerprint density at radius 2 is 1.86 bits per heavy atom. The van der Waals surface area contributed by atoms with Gasteiger partial charge in [-0.25, -0.2) is 0 Å². The molecule has 2 aliphatic rings. The van der Waals surface area contributed by atoms with Crippen LogP contribution >= 0.6 is 0 Å². The van der Waals surface area contributed by atoms with Crippen molar-refractivity contribution < 1.29 is 9.72 Å². The normalized spacial score (nSPS) is 20.0. The van der Waals surface area contributed by atoms with Crippen LogP contribution in [-0.2, 0) is 17.6 Å². The van der Waals surface area contributed by atoms with E-state index in [1.165, 1.54) is 0 Å². The summed E-state index contributed by atoms with van der Waals surface area (Å²) in [5.41, 5.74) is 3.85. The Kier molecular flexibility index (Phi) is 4.60. The van der Waals surface area contributed by atoms with E-state index in [1.807, 2.05) is 35.2 Å². The topological polar surface area (TPSA) is 66.7 Å². The monoisotopic (exact) mass is 393 g/mol. The number of non-ortho nitro benzene ring substituents is 1. The van der Waals surface area contributed by atoms with E-state index in [1.54, 1.807) is 12.1 Å². The lowest BCUT2D eigenvalue weighted by Crippen LogP contribution is -2.61. The van der Waals surface area contributed by atoms with Gasteiger partial charge >= 0.3 is 0 Å². The Morgan fingerprint density at radius 1 is 1.14 bits per heavy atom. The maximum Gasteiger partial charge on any atom is 0.269 e. The standard InChI is InChI=1S/C23H27N3O3/c1-15(2)14-24-19-10-9-18(26(28)29)11-17(19)13-23(3,4)22(24)25-20-8-6-5-7-16(20)12-21(25)27/h5-11,15,22H,12-14H2,1-4H3. The van der Waals surface area contributed by atoms with Gasteiger partial charge in [-0.3, -0.25) is 19.8 Å². The first-order valence-electron chi connectivity index (χ1n) is 10.1. The maximum atomic E-state index is 13.1. The smallest absolute Gasteiger partial charge is 0.269 e. The van der Waals surface area contributed by atoms with Crippen LogP contribution < -0.4 is 9.80 Å². The van der Waals surface area contributed by atoms with Gasteiger partial charge in [-0.05, 0) is 35.6 Å². The third kappa shape index (κ3) is 3.26. The molecule has 2 aliphatic heterocycles. The molecule has 4 rings (SSSR count). The van der Waals surface area contributed by atoms with E-state index < -0.39 is 0 Å². The van der Waals surface area contributed by atoms with E-state index in [4.69, 9.17) is 0 Å². The number of hydrogen-bond donors (Lipinski definition) is 0. The fourth-order valence-corrected chi connectivity index (χ4v) is 4.87. The molecule has 0 radical (unpaired) electrons. The van der Waals surface area contributed by atoms with Gasteiger partial charge < -0.3 is 4.90 Å². The molecule has 0 N–H and O–H groups in total. The average Bonchev–Trinajstić information content (AvgIpc) is 2.95. The second-order valence-electron chi connectivity index (χ2n) is 9.22. The summed E-state index contributed by atoms with van der Waals surface area (Å²) in [5.74, 6) is 0.491. The van der Waals surface area contributed by atoms with Crippen LogP contribution in [0, 0.1) is 21.4 Å². The van der Waals surface area contributed by atoms with Gasteiger partial charge in [0.15, 0.2) is 0 Å². The molecule has 1 unspecified atom stereocenters. The molecule has 6 nitrogen and oxygen atoms in total. The number of para-hydroxylation sites is 1. The Labute approximate surface area is 171 Å². The highest BCUT2D eigenvalue weighted by molar-refractivity contribution is 6.02. The zero-order valence-corrected chi connectivity index (χ0v) is 17.4. The number of amides is 1. The third-order valence-corrected chi connectivity index (χ3v) is 5.89. The number of rotatable bonds is 4. The minimum Gasteiger partial charge on any atom is -0.350 e. The van der Waals surface area contributed by atoms with Crippen molar-refractivity contribution in [1.82, 2.24) is 0 Å². The van der Waals surface area contributed by atoms with Crippen molar-refractivity contribution >= 4 is 23.0 Å². The summed E-state index contributed by atoms with van der Waals surface area (Å²) in [5, 5.41) is 11.3. The van der Waals surface area contributed by atoms with Crippen LogP contribution in [0.15, 0.2) is 42.5 Å². The number of nitrogens with zero attached hydrogens (tertiary/aromatic N) is 3. The van der Waals surface area contributed by atoms with E-state index in [9.17, 15) is 14.9 Å². The summed E-state index contributed by atoms with van der Waals surface area (Å²) in [4.78, 5) is 28.3. The molecule has 29 heavy (non-hydrogen) atoms. The molecule has 1 atom stereocenters. The zero-order valence-electron chi connectivity index (χ0n) is 17.4. The second kappa shape index (κ2) is 6.87. The van der Waals surface area contributed by atoms with Crippen LogP contribution in [0.3, 0.4) is 0 Å². The fourth-order valence-electron chi connectivity index (χ4n) is 4.87. The number of nitro groups is 1. The molecule has 0 bridgehead atoms. The van der Waals surface area contributed by atoms with Crippen LogP contribution in [0.1, 0.15) is 38.8 Å². The van der Waals surface area contributed by atoms with Gasteiger partial charge in [-0.15, -0.1) is 0 Å². The van der Waals surface area contributed by atoms with Crippen molar-refractivity contribution in [3.05, 3.63) is 63.7 Å². The summed E-state index contributed by atoms with van der Waals surface area (Å²) in [6.07, 6.45) is 0.954. The zero-order chi connectivity index (χ0) is 20.9. The molecular weight excluding hydrogens is 366 g/mol. The Bertz CT molecular complexity index is 983. The molecule has 0 spiro atoms. The average molecular weight is 393 g/mol. The predicted molar refractivity (Wildman–Crippen MR) is 114 cm³/mol. The van der Waals surface area contributed by atoms with Gasteiger partial charge in [0, 0.05) is 35.5 Å². The number of fused-ring (bicyclic) bond motifs is 2. The van der Waals surface area contributed by atoms with Crippen LogP contribution in [0.2, 0.25) is 0 Å². The van der Waals surface area contributed by atoms with Gasteiger partial charge in [-0.2, -0.15) is 0 Å². The lowest BCUT2D eigenvalue weighted by molar-refractivity contribution is -0.384. The molecule has 0 aromatic heterocycles. The van der Waals surface area contributed by atoms with Crippen molar-refractivity contribution in [2.24, 2.45) is 11.3 Å². The Balaban J connectivity index is 1.86. The van der Waals surface area contributed by atoms with Crippen molar-refractivity contribution in [3.63, 3.8) is 0 Å². The first-order chi connectivity index (χ1) is 13.7. The Morgan fingerprint density at radius 3 is 2.55 bits per heavy atom. The largest absolute Gasteiger partial charge is 0.350 e. The van der Waals surface area contributed by atoms with Gasteiger partial charge in [0.1, 0.15) is 6.17 Å². The van der Waals surface area contributed by atoms with Gasteiger partial charge in [0.25, 0.3) is 5.69 Å². The summed E-state index contributed by atoms with van der Waals surface area (Å²) in [6, 6.07) is 13.1. The lowest BCUT2D eigenvalue weighted by atomic mass is 9.76. The predicted octanol–water partition coefficient (Wildman–Crippen LogP) is 4.55. The SMILES string of the molecule is CC(C)CN1c2ccc([N+](=O)[O-])cc2CC(C)(C)C1N1C(=O)Cc2ccccc21. The number of hydrogen-bond acceptors (Lipinski definition) is 4. The quantitative estimate of drug-likeness (QED) is 0.564. The number of nitro benzene ring substituents is 1. The number of carbonyl (C=O) groups is 1. The van der Waals surface area contributed by atoms with Gasteiger partial charge in [0.05, 0.1) is 11.3 Å². The first kappa shape index (κ1) is 19.4. The lowest BCUT2D eigenvalue weighted by Gasteiger charge is -2.52. The molecule has 0 fully saturated rings. The van der Waals surface area contributed by atoms with E-state index in [2.05, 4.69) is 32.6 Å². The van der Waals surface area contributed by atoms with Crippen molar-refractivity contribution in [1.29, 1.82) is 0 Å².